The third-order valence-electron chi connectivity index (χ3n) is 3.12. The van der Waals surface area contributed by atoms with Crippen LogP contribution in [0.4, 0.5) is 5.13 Å². The van der Waals surface area contributed by atoms with Gasteiger partial charge in [0.25, 0.3) is 5.91 Å². The summed E-state index contributed by atoms with van der Waals surface area (Å²) in [6.07, 6.45) is 4.72. The SMILES string of the molecule is O=C(Nc1nc2c(s1)CCC2)c1ccc(C#CCO)cn1. The zero-order chi connectivity index (χ0) is 14.7. The van der Waals surface area contributed by atoms with Gasteiger partial charge in [0.05, 0.1) is 5.69 Å². The molecule has 0 bridgehead atoms. The van der Waals surface area contributed by atoms with Crippen LogP contribution in [-0.2, 0) is 12.8 Å². The van der Waals surface area contributed by atoms with Crippen LogP contribution in [0.1, 0.15) is 33.0 Å². The van der Waals surface area contributed by atoms with Crippen molar-refractivity contribution in [3.63, 3.8) is 0 Å². The van der Waals surface area contributed by atoms with Crippen molar-refractivity contribution in [2.75, 3.05) is 11.9 Å². The Labute approximate surface area is 126 Å². The van der Waals surface area contributed by atoms with Gasteiger partial charge in [0.1, 0.15) is 12.3 Å². The molecule has 2 heterocycles. The quantitative estimate of drug-likeness (QED) is 0.826. The van der Waals surface area contributed by atoms with E-state index < -0.39 is 0 Å². The van der Waals surface area contributed by atoms with Crippen LogP contribution in [-0.4, -0.2) is 27.6 Å². The Kier molecular flexibility index (Phi) is 3.95. The van der Waals surface area contributed by atoms with Crippen LogP contribution in [0.3, 0.4) is 0 Å². The van der Waals surface area contributed by atoms with Gasteiger partial charge in [-0.3, -0.25) is 10.1 Å². The van der Waals surface area contributed by atoms with Gasteiger partial charge in [-0.1, -0.05) is 11.8 Å². The molecule has 0 fully saturated rings. The van der Waals surface area contributed by atoms with Crippen LogP contribution in [0, 0.1) is 11.8 Å². The monoisotopic (exact) mass is 299 g/mol. The van der Waals surface area contributed by atoms with E-state index in [4.69, 9.17) is 5.11 Å². The minimum atomic E-state index is -0.274. The molecule has 0 aromatic carbocycles. The average molecular weight is 299 g/mol. The highest BCUT2D eigenvalue weighted by atomic mass is 32.1. The Balaban J connectivity index is 1.69. The van der Waals surface area contributed by atoms with E-state index in [1.807, 2.05) is 0 Å². The molecule has 1 amide bonds. The highest BCUT2D eigenvalue weighted by molar-refractivity contribution is 7.15. The molecule has 2 N–H and O–H groups in total. The van der Waals surface area contributed by atoms with E-state index in [1.54, 1.807) is 12.1 Å². The molecule has 0 unspecified atom stereocenters. The number of carbonyl (C=O) groups excluding carboxylic acids is 1. The standard InChI is InChI=1S/C15H13N3O2S/c19-8-2-3-10-6-7-12(16-9-10)14(20)18-15-17-11-4-1-5-13(11)21-15/h6-7,9,19H,1,4-5,8H2,(H,17,18,20). The van der Waals surface area contributed by atoms with E-state index in [-0.39, 0.29) is 12.5 Å². The molecule has 1 aliphatic carbocycles. The summed E-state index contributed by atoms with van der Waals surface area (Å²) in [7, 11) is 0. The molecule has 6 heteroatoms. The molecular weight excluding hydrogens is 286 g/mol. The van der Waals surface area contributed by atoms with E-state index >= 15 is 0 Å². The lowest BCUT2D eigenvalue weighted by Gasteiger charge is -2.01. The summed E-state index contributed by atoms with van der Waals surface area (Å²) < 4.78 is 0. The molecule has 0 spiro atoms. The first kappa shape index (κ1) is 13.7. The Hall–Kier alpha value is -2.23. The second kappa shape index (κ2) is 6.04. The third kappa shape index (κ3) is 3.10. The summed E-state index contributed by atoms with van der Waals surface area (Å²) in [4.78, 5) is 21.8. The number of aliphatic hydroxyl groups is 1. The van der Waals surface area contributed by atoms with Crippen molar-refractivity contribution < 1.29 is 9.90 Å². The molecule has 2 aromatic heterocycles. The number of nitrogens with one attached hydrogen (secondary N) is 1. The van der Waals surface area contributed by atoms with E-state index in [0.717, 1.165) is 25.0 Å². The van der Waals surface area contributed by atoms with E-state index in [9.17, 15) is 4.79 Å². The molecule has 21 heavy (non-hydrogen) atoms. The highest BCUT2D eigenvalue weighted by Gasteiger charge is 2.18. The zero-order valence-electron chi connectivity index (χ0n) is 11.2. The number of hydrogen-bond donors (Lipinski definition) is 2. The fraction of sp³-hybridized carbons (Fsp3) is 0.267. The third-order valence-corrected chi connectivity index (χ3v) is 4.20. The summed E-state index contributed by atoms with van der Waals surface area (Å²) in [6.45, 7) is -0.197. The minimum absolute atomic E-state index is 0.197. The van der Waals surface area contributed by atoms with Gasteiger partial charge >= 0.3 is 0 Å². The van der Waals surface area contributed by atoms with Crippen LogP contribution in [0.15, 0.2) is 18.3 Å². The molecule has 0 aliphatic heterocycles. The van der Waals surface area contributed by atoms with Crippen LogP contribution in [0.2, 0.25) is 0 Å². The van der Waals surface area contributed by atoms with Gasteiger partial charge in [0, 0.05) is 16.6 Å². The highest BCUT2D eigenvalue weighted by Crippen LogP contribution is 2.30. The average Bonchev–Trinajstić information content (AvgIpc) is 3.06. The van der Waals surface area contributed by atoms with Crippen molar-refractivity contribution in [2.45, 2.75) is 19.3 Å². The topological polar surface area (TPSA) is 75.1 Å². The number of aromatic nitrogens is 2. The normalized spacial score (nSPS) is 12.4. The first-order valence-electron chi connectivity index (χ1n) is 6.62. The fourth-order valence-electron chi connectivity index (χ4n) is 2.15. The number of aryl methyl sites for hydroxylation is 2. The van der Waals surface area contributed by atoms with E-state index in [1.165, 1.54) is 22.4 Å². The number of amides is 1. The number of anilines is 1. The van der Waals surface area contributed by atoms with Crippen LogP contribution in [0.25, 0.3) is 0 Å². The predicted octanol–water partition coefficient (Wildman–Crippen LogP) is 1.62. The molecule has 2 aromatic rings. The second-order valence-electron chi connectivity index (χ2n) is 4.59. The lowest BCUT2D eigenvalue weighted by atomic mass is 10.2. The Morgan fingerprint density at radius 2 is 2.33 bits per heavy atom. The summed E-state index contributed by atoms with van der Waals surface area (Å²) in [5.41, 5.74) is 2.09. The first-order chi connectivity index (χ1) is 10.3. The number of rotatable bonds is 2. The number of carbonyl (C=O) groups is 1. The van der Waals surface area contributed by atoms with Crippen molar-refractivity contribution in [1.82, 2.24) is 9.97 Å². The molecule has 1 aliphatic rings. The van der Waals surface area contributed by atoms with Crippen molar-refractivity contribution in [1.29, 1.82) is 0 Å². The molecule has 0 saturated carbocycles. The summed E-state index contributed by atoms with van der Waals surface area (Å²) in [5, 5.41) is 12.0. The molecule has 0 atom stereocenters. The van der Waals surface area contributed by atoms with Gasteiger partial charge in [-0.05, 0) is 31.4 Å². The first-order valence-corrected chi connectivity index (χ1v) is 7.43. The van der Waals surface area contributed by atoms with Gasteiger partial charge in [-0.25, -0.2) is 9.97 Å². The summed E-state index contributed by atoms with van der Waals surface area (Å²) >= 11 is 1.54. The van der Waals surface area contributed by atoms with Crippen molar-refractivity contribution in [3.05, 3.63) is 40.2 Å². The zero-order valence-corrected chi connectivity index (χ0v) is 12.0. The maximum atomic E-state index is 12.1. The van der Waals surface area contributed by atoms with Gasteiger partial charge in [0.15, 0.2) is 5.13 Å². The number of hydrogen-bond acceptors (Lipinski definition) is 5. The maximum absolute atomic E-state index is 12.1. The number of pyridine rings is 1. The summed E-state index contributed by atoms with van der Waals surface area (Å²) in [5.74, 6) is 4.99. The summed E-state index contributed by atoms with van der Waals surface area (Å²) in [6, 6.07) is 3.31. The van der Waals surface area contributed by atoms with Crippen LogP contribution >= 0.6 is 11.3 Å². The molecule has 0 radical (unpaired) electrons. The van der Waals surface area contributed by atoms with Crippen molar-refractivity contribution in [2.24, 2.45) is 0 Å². The van der Waals surface area contributed by atoms with Gasteiger partial charge < -0.3 is 5.11 Å². The second-order valence-corrected chi connectivity index (χ2v) is 5.67. The Morgan fingerprint density at radius 3 is 3.05 bits per heavy atom. The predicted molar refractivity (Wildman–Crippen MR) is 80.3 cm³/mol. The molecular formula is C15H13N3O2S. The van der Waals surface area contributed by atoms with Gasteiger partial charge in [-0.2, -0.15) is 0 Å². The minimum Gasteiger partial charge on any atom is -0.384 e. The van der Waals surface area contributed by atoms with Crippen LogP contribution in [0.5, 0.6) is 0 Å². The lowest BCUT2D eigenvalue weighted by Crippen LogP contribution is -2.13. The lowest BCUT2D eigenvalue weighted by molar-refractivity contribution is 0.102. The maximum Gasteiger partial charge on any atom is 0.276 e. The number of thiazole rings is 1. The molecule has 3 rings (SSSR count). The van der Waals surface area contributed by atoms with Gasteiger partial charge in [-0.15, -0.1) is 11.3 Å². The largest absolute Gasteiger partial charge is 0.384 e. The Bertz CT molecular complexity index is 704. The molecule has 106 valence electrons. The smallest absolute Gasteiger partial charge is 0.276 e. The Morgan fingerprint density at radius 1 is 1.43 bits per heavy atom. The van der Waals surface area contributed by atoms with E-state index in [0.29, 0.717) is 16.4 Å². The number of nitrogens with zero attached hydrogens (tertiary/aromatic N) is 2. The fourth-order valence-corrected chi connectivity index (χ4v) is 3.19. The van der Waals surface area contributed by atoms with E-state index in [2.05, 4.69) is 27.1 Å². The van der Waals surface area contributed by atoms with Crippen LogP contribution < -0.4 is 5.32 Å². The molecule has 0 saturated heterocycles. The molecule has 5 nitrogen and oxygen atoms in total. The number of fused-ring (bicyclic) bond motifs is 1. The van der Waals surface area contributed by atoms with Crippen molar-refractivity contribution in [3.8, 4) is 11.8 Å². The van der Waals surface area contributed by atoms with Crippen molar-refractivity contribution >= 4 is 22.4 Å². The number of aliphatic hydroxyl groups excluding tert-OH is 1. The van der Waals surface area contributed by atoms with Gasteiger partial charge in [0.2, 0.25) is 0 Å².